The van der Waals surface area contributed by atoms with Crippen LogP contribution in [0.5, 0.6) is 5.75 Å². The van der Waals surface area contributed by atoms with E-state index in [-0.39, 0.29) is 17.7 Å². The molecule has 1 saturated heterocycles. The van der Waals surface area contributed by atoms with Gasteiger partial charge in [-0.05, 0) is 25.1 Å². The minimum atomic E-state index is -0.125. The minimum absolute atomic E-state index is 0.0561. The topological polar surface area (TPSA) is 52.6 Å². The summed E-state index contributed by atoms with van der Waals surface area (Å²) in [4.78, 5) is 14.1. The van der Waals surface area contributed by atoms with Crippen LogP contribution >= 0.6 is 11.6 Å². The number of benzene rings is 1. The number of hydrogen-bond acceptors (Lipinski definition) is 3. The van der Waals surface area contributed by atoms with Gasteiger partial charge in [-0.2, -0.15) is 0 Å². The van der Waals surface area contributed by atoms with E-state index in [2.05, 4.69) is 5.32 Å². The van der Waals surface area contributed by atoms with Gasteiger partial charge in [-0.25, -0.2) is 0 Å². The van der Waals surface area contributed by atoms with Crippen molar-refractivity contribution in [1.29, 1.82) is 0 Å². The van der Waals surface area contributed by atoms with Gasteiger partial charge in [-0.15, -0.1) is 0 Å². The SMILES string of the molecule is C[C@@H]1CNCCN1C(=O)c1cc(O)ccc1Cl. The normalized spacial score (nSPS) is 20.4. The van der Waals surface area contributed by atoms with Crippen molar-refractivity contribution >= 4 is 17.5 Å². The molecule has 17 heavy (non-hydrogen) atoms. The van der Waals surface area contributed by atoms with Crippen molar-refractivity contribution in [3.8, 4) is 5.75 Å². The molecule has 0 aromatic heterocycles. The van der Waals surface area contributed by atoms with E-state index in [1.165, 1.54) is 18.2 Å². The summed E-state index contributed by atoms with van der Waals surface area (Å²) in [6, 6.07) is 4.56. The van der Waals surface area contributed by atoms with Crippen LogP contribution < -0.4 is 5.32 Å². The van der Waals surface area contributed by atoms with Gasteiger partial charge in [0.05, 0.1) is 10.6 Å². The number of amides is 1. The number of aromatic hydroxyl groups is 1. The molecule has 0 spiro atoms. The number of rotatable bonds is 1. The molecule has 2 rings (SSSR count). The molecular formula is C12H15ClN2O2. The van der Waals surface area contributed by atoms with Gasteiger partial charge in [-0.3, -0.25) is 4.79 Å². The second-order valence-corrected chi connectivity index (χ2v) is 4.62. The molecule has 1 atom stereocenters. The summed E-state index contributed by atoms with van der Waals surface area (Å²) < 4.78 is 0. The van der Waals surface area contributed by atoms with Crippen molar-refractivity contribution in [2.24, 2.45) is 0 Å². The molecule has 0 unspecified atom stereocenters. The van der Waals surface area contributed by atoms with Crippen LogP contribution in [0.1, 0.15) is 17.3 Å². The number of phenols is 1. The van der Waals surface area contributed by atoms with E-state index in [1.807, 2.05) is 6.92 Å². The Bertz CT molecular complexity index is 437. The quantitative estimate of drug-likeness (QED) is 0.798. The number of carbonyl (C=O) groups excluding carboxylic acids is 1. The summed E-state index contributed by atoms with van der Waals surface area (Å²) >= 11 is 5.98. The van der Waals surface area contributed by atoms with Gasteiger partial charge in [0, 0.05) is 25.7 Å². The summed E-state index contributed by atoms with van der Waals surface area (Å²) in [5.74, 6) is -0.0690. The van der Waals surface area contributed by atoms with Crippen LogP contribution in [0.25, 0.3) is 0 Å². The van der Waals surface area contributed by atoms with Crippen molar-refractivity contribution in [3.05, 3.63) is 28.8 Å². The molecule has 5 heteroatoms. The Morgan fingerprint density at radius 1 is 1.59 bits per heavy atom. The maximum atomic E-state index is 12.3. The fraction of sp³-hybridized carbons (Fsp3) is 0.417. The predicted molar refractivity (Wildman–Crippen MR) is 66.5 cm³/mol. The van der Waals surface area contributed by atoms with Crippen molar-refractivity contribution in [2.45, 2.75) is 13.0 Å². The van der Waals surface area contributed by atoms with E-state index in [0.717, 1.165) is 13.1 Å². The smallest absolute Gasteiger partial charge is 0.255 e. The highest BCUT2D eigenvalue weighted by atomic mass is 35.5. The molecule has 0 aliphatic carbocycles. The van der Waals surface area contributed by atoms with E-state index >= 15 is 0 Å². The first-order chi connectivity index (χ1) is 8.09. The zero-order valence-corrected chi connectivity index (χ0v) is 10.4. The fourth-order valence-corrected chi connectivity index (χ4v) is 2.17. The largest absolute Gasteiger partial charge is 0.508 e. The molecule has 2 N–H and O–H groups in total. The lowest BCUT2D eigenvalue weighted by Gasteiger charge is -2.34. The minimum Gasteiger partial charge on any atom is -0.508 e. The molecule has 1 heterocycles. The van der Waals surface area contributed by atoms with E-state index in [0.29, 0.717) is 17.1 Å². The Hall–Kier alpha value is -1.26. The van der Waals surface area contributed by atoms with Gasteiger partial charge < -0.3 is 15.3 Å². The summed E-state index contributed by atoms with van der Waals surface area (Å²) in [6.07, 6.45) is 0. The Balaban J connectivity index is 2.26. The maximum absolute atomic E-state index is 12.3. The highest BCUT2D eigenvalue weighted by Crippen LogP contribution is 2.23. The second kappa shape index (κ2) is 4.94. The Morgan fingerprint density at radius 2 is 2.35 bits per heavy atom. The molecule has 1 fully saturated rings. The third-order valence-corrected chi connectivity index (χ3v) is 3.27. The first-order valence-corrected chi connectivity index (χ1v) is 5.97. The monoisotopic (exact) mass is 254 g/mol. The molecule has 1 aliphatic rings. The van der Waals surface area contributed by atoms with Crippen molar-refractivity contribution < 1.29 is 9.90 Å². The molecule has 1 aromatic carbocycles. The fourth-order valence-electron chi connectivity index (χ4n) is 1.97. The number of hydrogen-bond donors (Lipinski definition) is 2. The van der Waals surface area contributed by atoms with E-state index in [1.54, 1.807) is 4.90 Å². The van der Waals surface area contributed by atoms with Crippen molar-refractivity contribution in [2.75, 3.05) is 19.6 Å². The van der Waals surface area contributed by atoms with E-state index in [4.69, 9.17) is 11.6 Å². The van der Waals surface area contributed by atoms with Crippen molar-refractivity contribution in [1.82, 2.24) is 10.2 Å². The van der Waals surface area contributed by atoms with Crippen LogP contribution in [0.2, 0.25) is 5.02 Å². The number of halogens is 1. The van der Waals surface area contributed by atoms with Gasteiger partial charge in [-0.1, -0.05) is 11.6 Å². The average molecular weight is 255 g/mol. The summed E-state index contributed by atoms with van der Waals surface area (Å²) in [5.41, 5.74) is 0.361. The van der Waals surface area contributed by atoms with Gasteiger partial charge in [0.25, 0.3) is 5.91 Å². The number of nitrogens with zero attached hydrogens (tertiary/aromatic N) is 1. The van der Waals surface area contributed by atoms with Crippen LogP contribution in [0.15, 0.2) is 18.2 Å². The number of phenolic OH excluding ortho intramolecular Hbond substituents is 1. The van der Waals surface area contributed by atoms with Gasteiger partial charge in [0.1, 0.15) is 5.75 Å². The third-order valence-electron chi connectivity index (χ3n) is 2.94. The van der Waals surface area contributed by atoms with Crippen LogP contribution in [0, 0.1) is 0 Å². The van der Waals surface area contributed by atoms with Crippen molar-refractivity contribution in [3.63, 3.8) is 0 Å². The lowest BCUT2D eigenvalue weighted by atomic mass is 10.1. The van der Waals surface area contributed by atoms with Crippen LogP contribution in [0.4, 0.5) is 0 Å². The maximum Gasteiger partial charge on any atom is 0.255 e. The van der Waals surface area contributed by atoms with Crippen LogP contribution in [-0.2, 0) is 0 Å². The molecule has 0 radical (unpaired) electrons. The van der Waals surface area contributed by atoms with Gasteiger partial charge in [0.15, 0.2) is 0 Å². The number of nitrogens with one attached hydrogen (secondary N) is 1. The van der Waals surface area contributed by atoms with Gasteiger partial charge >= 0.3 is 0 Å². The number of carbonyl (C=O) groups is 1. The standard InChI is InChI=1S/C12H15ClN2O2/c1-8-7-14-4-5-15(8)12(17)10-6-9(16)2-3-11(10)13/h2-3,6,8,14,16H,4-5,7H2,1H3/t8-/m1/s1. The van der Waals surface area contributed by atoms with Crippen LogP contribution in [-0.4, -0.2) is 41.6 Å². The molecule has 1 aromatic rings. The highest BCUT2D eigenvalue weighted by Gasteiger charge is 2.25. The Morgan fingerprint density at radius 3 is 3.06 bits per heavy atom. The first-order valence-electron chi connectivity index (χ1n) is 5.60. The summed E-state index contributed by atoms with van der Waals surface area (Å²) in [7, 11) is 0. The first kappa shape index (κ1) is 12.2. The number of piperazine rings is 1. The molecule has 4 nitrogen and oxygen atoms in total. The van der Waals surface area contributed by atoms with Gasteiger partial charge in [0.2, 0.25) is 0 Å². The molecule has 1 aliphatic heterocycles. The average Bonchev–Trinajstić information content (AvgIpc) is 2.32. The molecule has 0 bridgehead atoms. The second-order valence-electron chi connectivity index (χ2n) is 4.22. The third kappa shape index (κ3) is 2.53. The van der Waals surface area contributed by atoms with E-state index < -0.39 is 0 Å². The lowest BCUT2D eigenvalue weighted by Crippen LogP contribution is -2.52. The summed E-state index contributed by atoms with van der Waals surface area (Å²) in [5, 5.41) is 13.0. The zero-order chi connectivity index (χ0) is 12.4. The lowest BCUT2D eigenvalue weighted by molar-refractivity contribution is 0.0655. The molecular weight excluding hydrogens is 240 g/mol. The van der Waals surface area contributed by atoms with E-state index in [9.17, 15) is 9.90 Å². The van der Waals surface area contributed by atoms with Crippen LogP contribution in [0.3, 0.4) is 0 Å². The summed E-state index contributed by atoms with van der Waals surface area (Å²) in [6.45, 7) is 4.21. The Kier molecular flexibility index (Phi) is 3.54. The Labute approximate surface area is 105 Å². The molecule has 1 amide bonds. The molecule has 0 saturated carbocycles. The zero-order valence-electron chi connectivity index (χ0n) is 9.61. The molecule has 92 valence electrons. The predicted octanol–water partition coefficient (Wildman–Crippen LogP) is 1.48. The highest BCUT2D eigenvalue weighted by molar-refractivity contribution is 6.33.